The average Bonchev–Trinajstić information content (AvgIpc) is 1.64. The van der Waals surface area contributed by atoms with Crippen LogP contribution in [0.1, 0.15) is 79.0 Å². The number of benzene rings is 9. The predicted octanol–water partition coefficient (Wildman–Crippen LogP) is 23.6. The fourth-order valence-corrected chi connectivity index (χ4v) is 20.3. The van der Waals surface area contributed by atoms with E-state index in [1.807, 2.05) is 68.0 Å². The molecule has 2 aliphatic rings. The van der Waals surface area contributed by atoms with E-state index in [0.717, 1.165) is 0 Å². The van der Waals surface area contributed by atoms with Crippen molar-refractivity contribution in [1.29, 1.82) is 0 Å². The van der Waals surface area contributed by atoms with E-state index in [2.05, 4.69) is 276 Å². The van der Waals surface area contributed by atoms with E-state index in [0.29, 0.717) is 0 Å². The Morgan fingerprint density at radius 3 is 0.954 bits per heavy atom. The molecular formula is C78H61BN2S6. The van der Waals surface area contributed by atoms with E-state index in [-0.39, 0.29) is 23.0 Å². The molecule has 0 bridgehead atoms. The summed E-state index contributed by atoms with van der Waals surface area (Å²) in [6, 6.07) is 70.8. The minimum absolute atomic E-state index is 0.0407. The molecule has 6 aromatic heterocycles. The molecule has 8 heterocycles. The van der Waals surface area contributed by atoms with Crippen molar-refractivity contribution >= 4 is 184 Å². The summed E-state index contributed by atoms with van der Waals surface area (Å²) in [5.41, 5.74) is 22.4. The Hall–Kier alpha value is -7.60. The molecule has 0 fully saturated rings. The van der Waals surface area contributed by atoms with E-state index in [1.54, 1.807) is 0 Å². The zero-order valence-corrected chi connectivity index (χ0v) is 55.0. The van der Waals surface area contributed by atoms with Crippen LogP contribution in [0.25, 0.3) is 105 Å². The Morgan fingerprint density at radius 2 is 0.632 bits per heavy atom. The molecule has 0 atom stereocenters. The quantitative estimate of drug-likeness (QED) is 0.153. The number of rotatable bonds is 6. The molecule has 0 N–H and O–H groups in total. The number of hydrogen-bond donors (Lipinski definition) is 0. The molecule has 87 heavy (non-hydrogen) atoms. The maximum absolute atomic E-state index is 2.74. The monoisotopic (exact) mass is 1230 g/mol. The van der Waals surface area contributed by atoms with Gasteiger partial charge in [-0.1, -0.05) is 147 Å². The lowest BCUT2D eigenvalue weighted by Gasteiger charge is -2.43. The number of hydrogen-bond acceptors (Lipinski definition) is 8. The molecule has 0 saturated heterocycles. The maximum Gasteiger partial charge on any atom is 0.277 e. The van der Waals surface area contributed by atoms with E-state index in [4.69, 9.17) is 0 Å². The van der Waals surface area contributed by atoms with Crippen molar-refractivity contribution < 1.29 is 0 Å². The molecule has 0 spiro atoms. The highest BCUT2D eigenvalue weighted by atomic mass is 32.1. The SMILES string of the molecule is CC(C)(C)c1cc2c3c(c1)N(c1cc(-c4csc5ccccc45)cc(-c4csc5ccccc45)c1)c1c(sc4ccc(C(C)(C)C)cc14)B3c1sc3ccc(C(C)(C)C)cc3c1N2c1cc(-c2csc3ccccc23)cc(-c2csc3ccccc23)c1. The summed E-state index contributed by atoms with van der Waals surface area (Å²) < 4.78 is 10.6. The lowest BCUT2D eigenvalue weighted by atomic mass is 9.39. The highest BCUT2D eigenvalue weighted by Crippen LogP contribution is 2.55. The zero-order chi connectivity index (χ0) is 59.0. The Kier molecular flexibility index (Phi) is 12.0. The van der Waals surface area contributed by atoms with Crippen LogP contribution in [0.15, 0.2) is 204 Å². The Labute approximate surface area is 533 Å². The standard InChI is InChI=1S/C78H61BN2S6/c1-76(2,3)48-26-28-69-57(36-48)72-74(86-69)79-71-63(80(72)51-32-44(59-40-82-65-22-14-10-18-53(59)65)30-45(33-51)60-41-83-66-23-15-11-19-54(60)66)38-50(78(7,8)9)39-64(71)81(73-58-37-49(77(4,5)6)27-29-70(58)87-75(73)79)52-34-46(61-42-84-67-24-16-12-20-55(61)67)31-47(35-52)62-43-85-68-25-17-13-21-56(62)68/h10-43H,1-9H3. The average molecular weight is 1230 g/mol. The molecule has 9 heteroatoms. The van der Waals surface area contributed by atoms with Crippen molar-refractivity contribution in [3.8, 4) is 44.5 Å². The van der Waals surface area contributed by atoms with Crippen LogP contribution in [0.2, 0.25) is 0 Å². The molecule has 422 valence electrons. The minimum Gasteiger partial charge on any atom is -0.310 e. The topological polar surface area (TPSA) is 6.48 Å². The lowest BCUT2D eigenvalue weighted by molar-refractivity contribution is 0.590. The van der Waals surface area contributed by atoms with Crippen LogP contribution in [0.4, 0.5) is 34.1 Å². The van der Waals surface area contributed by atoms with Crippen LogP contribution in [0.3, 0.4) is 0 Å². The van der Waals surface area contributed by atoms with Gasteiger partial charge in [-0.2, -0.15) is 0 Å². The van der Waals surface area contributed by atoms with Gasteiger partial charge in [0.1, 0.15) is 0 Å². The number of nitrogens with zero attached hydrogens (tertiary/aromatic N) is 2. The first-order valence-electron chi connectivity index (χ1n) is 30.1. The molecule has 0 unspecified atom stereocenters. The van der Waals surface area contributed by atoms with Gasteiger partial charge in [-0.3, -0.25) is 0 Å². The van der Waals surface area contributed by atoms with Crippen LogP contribution in [0, 0.1) is 0 Å². The Morgan fingerprint density at radius 1 is 0.310 bits per heavy atom. The Bertz CT molecular complexity index is 4840. The van der Waals surface area contributed by atoms with Crippen molar-refractivity contribution in [2.45, 2.75) is 78.6 Å². The van der Waals surface area contributed by atoms with Crippen LogP contribution in [-0.4, -0.2) is 6.71 Å². The van der Waals surface area contributed by atoms with E-state index in [1.165, 1.54) is 171 Å². The van der Waals surface area contributed by atoms with Gasteiger partial charge in [-0.15, -0.1) is 68.0 Å². The summed E-state index contributed by atoms with van der Waals surface area (Å²) in [6.07, 6.45) is 0. The third-order valence-corrected chi connectivity index (χ3v) is 24.7. The molecular weight excluding hydrogens is 1170 g/mol. The van der Waals surface area contributed by atoms with Gasteiger partial charge in [0.2, 0.25) is 0 Å². The fraction of sp³-hybridized carbons (Fsp3) is 0.154. The second-order valence-electron chi connectivity index (χ2n) is 27.0. The molecule has 0 aliphatic carbocycles. The molecule has 2 nitrogen and oxygen atoms in total. The fourth-order valence-electron chi connectivity index (χ4n) is 13.8. The van der Waals surface area contributed by atoms with Crippen molar-refractivity contribution in [3.63, 3.8) is 0 Å². The molecule has 9 aromatic carbocycles. The lowest BCUT2D eigenvalue weighted by Crippen LogP contribution is -2.59. The molecule has 0 amide bonds. The second-order valence-corrected chi connectivity index (χ2v) is 32.8. The summed E-state index contributed by atoms with van der Waals surface area (Å²) in [4.78, 5) is 5.48. The van der Waals surface area contributed by atoms with Crippen molar-refractivity contribution in [2.75, 3.05) is 9.80 Å². The Balaban J connectivity index is 1.02. The number of anilines is 6. The summed E-state index contributed by atoms with van der Waals surface area (Å²) in [5, 5.41) is 17.3. The third kappa shape index (κ3) is 8.47. The van der Waals surface area contributed by atoms with Gasteiger partial charge in [-0.25, -0.2) is 0 Å². The highest BCUT2D eigenvalue weighted by molar-refractivity contribution is 7.40. The second kappa shape index (κ2) is 19.5. The number of thiophene rings is 6. The van der Waals surface area contributed by atoms with E-state index >= 15 is 0 Å². The normalized spacial score (nSPS) is 13.5. The molecule has 0 saturated carbocycles. The van der Waals surface area contributed by atoms with Crippen LogP contribution in [-0.2, 0) is 16.2 Å². The number of fused-ring (bicyclic) bond motifs is 12. The van der Waals surface area contributed by atoms with Crippen LogP contribution < -0.4 is 24.8 Å². The summed E-state index contributed by atoms with van der Waals surface area (Å²) in [5.74, 6) is 0. The smallest absolute Gasteiger partial charge is 0.277 e. The maximum atomic E-state index is 2.74. The van der Waals surface area contributed by atoms with Gasteiger partial charge in [0.05, 0.1) is 11.4 Å². The van der Waals surface area contributed by atoms with Gasteiger partial charge in [0.25, 0.3) is 6.71 Å². The van der Waals surface area contributed by atoms with Gasteiger partial charge < -0.3 is 9.80 Å². The highest BCUT2D eigenvalue weighted by Gasteiger charge is 2.48. The summed E-state index contributed by atoms with van der Waals surface area (Å²) >= 11 is 11.4. The largest absolute Gasteiger partial charge is 0.310 e. The van der Waals surface area contributed by atoms with Crippen molar-refractivity contribution in [1.82, 2.24) is 0 Å². The van der Waals surface area contributed by atoms with Crippen LogP contribution in [0.5, 0.6) is 0 Å². The zero-order valence-electron chi connectivity index (χ0n) is 50.1. The molecule has 15 aromatic rings. The van der Waals surface area contributed by atoms with Gasteiger partial charge in [0, 0.05) is 115 Å². The predicted molar refractivity (Wildman–Crippen MR) is 391 cm³/mol. The first-order chi connectivity index (χ1) is 42.0. The van der Waals surface area contributed by atoms with Crippen molar-refractivity contribution in [3.05, 3.63) is 220 Å². The molecule has 0 radical (unpaired) electrons. The van der Waals surface area contributed by atoms with Crippen LogP contribution >= 0.6 is 68.0 Å². The first-order valence-corrected chi connectivity index (χ1v) is 35.2. The summed E-state index contributed by atoms with van der Waals surface area (Å²) in [7, 11) is 0. The summed E-state index contributed by atoms with van der Waals surface area (Å²) in [6.45, 7) is 21.4. The van der Waals surface area contributed by atoms with Crippen molar-refractivity contribution in [2.24, 2.45) is 0 Å². The van der Waals surface area contributed by atoms with Gasteiger partial charge >= 0.3 is 0 Å². The first kappa shape index (κ1) is 53.6. The molecule has 17 rings (SSSR count). The molecule has 2 aliphatic heterocycles. The van der Waals surface area contributed by atoms with Gasteiger partial charge in [-0.05, 0) is 179 Å². The third-order valence-electron chi connectivity index (χ3n) is 18.4. The van der Waals surface area contributed by atoms with E-state index in [9.17, 15) is 0 Å². The van der Waals surface area contributed by atoms with Gasteiger partial charge in [0.15, 0.2) is 0 Å². The van der Waals surface area contributed by atoms with E-state index < -0.39 is 0 Å². The minimum atomic E-state index is -0.221.